The molecule has 1 fully saturated rings. The van der Waals surface area contributed by atoms with E-state index in [0.29, 0.717) is 18.4 Å². The molecule has 2 aliphatic rings. The van der Waals surface area contributed by atoms with Gasteiger partial charge in [0.1, 0.15) is 11.8 Å². The maximum Gasteiger partial charge on any atom is 0.326 e. The lowest BCUT2D eigenvalue weighted by molar-refractivity contribution is -0.142. The molecule has 0 radical (unpaired) electrons. The second-order valence-electron chi connectivity index (χ2n) is 6.78. The molecule has 2 N–H and O–H groups in total. The van der Waals surface area contributed by atoms with Gasteiger partial charge in [0.2, 0.25) is 5.91 Å². The maximum absolute atomic E-state index is 12.6. The van der Waals surface area contributed by atoms with Crippen molar-refractivity contribution >= 4 is 17.7 Å². The molecule has 1 unspecified atom stereocenters. The number of Topliss-reactive ketones (excluding diaryl/α,β-unsaturated/α-hetero) is 1. The summed E-state index contributed by atoms with van der Waals surface area (Å²) < 4.78 is 0. The van der Waals surface area contributed by atoms with Crippen LogP contribution in [-0.4, -0.2) is 28.8 Å². The third-order valence-corrected chi connectivity index (χ3v) is 4.98. The largest absolute Gasteiger partial charge is 0.480 e. The molecule has 4 atom stereocenters. The zero-order chi connectivity index (χ0) is 16.4. The minimum absolute atomic E-state index is 0.0306. The van der Waals surface area contributed by atoms with Gasteiger partial charge < -0.3 is 10.4 Å². The lowest BCUT2D eigenvalue weighted by Crippen LogP contribution is -2.46. The number of amides is 1. The van der Waals surface area contributed by atoms with Crippen molar-refractivity contribution in [2.24, 2.45) is 23.7 Å². The van der Waals surface area contributed by atoms with E-state index in [4.69, 9.17) is 0 Å². The fourth-order valence-electron chi connectivity index (χ4n) is 3.62. The number of hydrogen-bond acceptors (Lipinski definition) is 3. The van der Waals surface area contributed by atoms with Crippen molar-refractivity contribution in [1.29, 1.82) is 0 Å². The number of aliphatic carboxylic acids is 1. The van der Waals surface area contributed by atoms with Gasteiger partial charge in [0.25, 0.3) is 0 Å². The first-order chi connectivity index (χ1) is 10.3. The summed E-state index contributed by atoms with van der Waals surface area (Å²) in [6.07, 6.45) is 4.92. The molecule has 122 valence electrons. The molecule has 1 saturated carbocycles. The van der Waals surface area contributed by atoms with E-state index in [-0.39, 0.29) is 35.4 Å². The normalized spacial score (nSPS) is 29.0. The molecule has 1 amide bonds. The van der Waals surface area contributed by atoms with Crippen molar-refractivity contribution in [1.82, 2.24) is 5.32 Å². The van der Waals surface area contributed by atoms with Crippen molar-refractivity contribution < 1.29 is 19.5 Å². The van der Waals surface area contributed by atoms with Crippen LogP contribution >= 0.6 is 0 Å². The van der Waals surface area contributed by atoms with Crippen LogP contribution in [0.5, 0.6) is 0 Å². The Hall–Kier alpha value is -1.65. The molecular formula is C17H25NO4. The molecule has 0 aromatic carbocycles. The molecule has 0 spiro atoms. The van der Waals surface area contributed by atoms with E-state index in [1.807, 2.05) is 13.0 Å². The molecule has 0 saturated heterocycles. The average molecular weight is 307 g/mol. The van der Waals surface area contributed by atoms with Gasteiger partial charge >= 0.3 is 5.97 Å². The first-order valence-corrected chi connectivity index (χ1v) is 8.13. The number of carbonyl (C=O) groups excluding carboxylic acids is 2. The van der Waals surface area contributed by atoms with Crippen LogP contribution in [0.1, 0.15) is 46.5 Å². The van der Waals surface area contributed by atoms with Gasteiger partial charge in [0.05, 0.1) is 0 Å². The Morgan fingerprint density at radius 1 is 1.36 bits per heavy atom. The summed E-state index contributed by atoms with van der Waals surface area (Å²) in [4.78, 5) is 35.9. The summed E-state index contributed by atoms with van der Waals surface area (Å²) in [6, 6.07) is -0.897. The van der Waals surface area contributed by atoms with Gasteiger partial charge in [-0.3, -0.25) is 9.59 Å². The number of rotatable bonds is 5. The Balaban J connectivity index is 2.21. The topological polar surface area (TPSA) is 83.5 Å². The number of carboxylic acids is 1. The van der Waals surface area contributed by atoms with E-state index in [9.17, 15) is 19.5 Å². The molecule has 0 aliphatic heterocycles. The summed E-state index contributed by atoms with van der Waals surface area (Å²) in [6.45, 7) is 5.58. The Morgan fingerprint density at radius 3 is 2.59 bits per heavy atom. The highest BCUT2D eigenvalue weighted by Gasteiger charge is 2.43. The molecule has 5 heteroatoms. The molecule has 0 aromatic rings. The lowest BCUT2D eigenvalue weighted by atomic mass is 9.74. The van der Waals surface area contributed by atoms with Crippen molar-refractivity contribution in [2.75, 3.05) is 0 Å². The summed E-state index contributed by atoms with van der Waals surface area (Å²) in [5, 5.41) is 11.9. The van der Waals surface area contributed by atoms with E-state index in [1.54, 1.807) is 13.8 Å². The van der Waals surface area contributed by atoms with E-state index < -0.39 is 12.0 Å². The molecule has 22 heavy (non-hydrogen) atoms. The quantitative estimate of drug-likeness (QED) is 0.815. The van der Waals surface area contributed by atoms with Gasteiger partial charge in [-0.05, 0) is 37.0 Å². The predicted octanol–water partition coefficient (Wildman–Crippen LogP) is 2.16. The summed E-state index contributed by atoms with van der Waals surface area (Å²) >= 11 is 0. The van der Waals surface area contributed by atoms with Crippen LogP contribution in [0.4, 0.5) is 0 Å². The number of carbonyl (C=O) groups is 3. The van der Waals surface area contributed by atoms with Gasteiger partial charge in [-0.15, -0.1) is 0 Å². The maximum atomic E-state index is 12.6. The Kier molecular flexibility index (Phi) is 5.04. The Bertz CT molecular complexity index is 509. The standard InChI is InChI=1S/C17H25NO4/c1-4-10-7-12-11(5-6-14(12)19)13(8-10)16(20)18-15(9(2)3)17(21)22/h8-12,15H,4-7H2,1-3H3,(H,18,20)(H,21,22)/t10-,11+,12+,15?/m1/s1. The second kappa shape index (κ2) is 6.63. The van der Waals surface area contributed by atoms with Crippen LogP contribution < -0.4 is 5.32 Å². The number of fused-ring (bicyclic) bond motifs is 1. The number of ketones is 1. The van der Waals surface area contributed by atoms with Gasteiger partial charge in [-0.25, -0.2) is 4.79 Å². The van der Waals surface area contributed by atoms with Crippen LogP contribution in [0.2, 0.25) is 0 Å². The Labute approximate surface area is 131 Å². The van der Waals surface area contributed by atoms with Gasteiger partial charge in [-0.1, -0.05) is 26.8 Å². The smallest absolute Gasteiger partial charge is 0.326 e. The van der Waals surface area contributed by atoms with Crippen LogP contribution in [-0.2, 0) is 14.4 Å². The summed E-state index contributed by atoms with van der Waals surface area (Å²) in [5.74, 6) is -1.13. The van der Waals surface area contributed by atoms with Crippen molar-refractivity contribution in [2.45, 2.75) is 52.5 Å². The van der Waals surface area contributed by atoms with Crippen LogP contribution in [0.15, 0.2) is 11.6 Å². The highest BCUT2D eigenvalue weighted by Crippen LogP contribution is 2.43. The fraction of sp³-hybridized carbons (Fsp3) is 0.706. The highest BCUT2D eigenvalue weighted by molar-refractivity contribution is 5.98. The van der Waals surface area contributed by atoms with E-state index >= 15 is 0 Å². The summed E-state index contributed by atoms with van der Waals surface area (Å²) in [7, 11) is 0. The minimum atomic E-state index is -1.02. The zero-order valence-corrected chi connectivity index (χ0v) is 13.5. The Morgan fingerprint density at radius 2 is 2.05 bits per heavy atom. The first-order valence-electron chi connectivity index (χ1n) is 8.13. The number of allylic oxidation sites excluding steroid dienone is 1. The SMILES string of the molecule is CC[C@H]1C=C(C(=O)NC(C(=O)O)C(C)C)[C@H]2CCC(=O)[C@H]2C1. The van der Waals surface area contributed by atoms with Crippen molar-refractivity contribution in [3.05, 3.63) is 11.6 Å². The molecule has 0 heterocycles. The average Bonchev–Trinajstić information content (AvgIpc) is 2.84. The second-order valence-corrected chi connectivity index (χ2v) is 6.78. The third-order valence-electron chi connectivity index (χ3n) is 4.98. The van der Waals surface area contributed by atoms with Crippen molar-refractivity contribution in [3.63, 3.8) is 0 Å². The molecule has 5 nitrogen and oxygen atoms in total. The van der Waals surface area contributed by atoms with Gasteiger partial charge in [0, 0.05) is 17.9 Å². The highest BCUT2D eigenvalue weighted by atomic mass is 16.4. The molecular weight excluding hydrogens is 282 g/mol. The molecule has 0 bridgehead atoms. The van der Waals surface area contributed by atoms with Crippen LogP contribution in [0.25, 0.3) is 0 Å². The monoisotopic (exact) mass is 307 g/mol. The number of hydrogen-bond donors (Lipinski definition) is 2. The zero-order valence-electron chi connectivity index (χ0n) is 13.5. The van der Waals surface area contributed by atoms with E-state index in [2.05, 4.69) is 5.32 Å². The van der Waals surface area contributed by atoms with Crippen LogP contribution in [0.3, 0.4) is 0 Å². The molecule has 2 aliphatic carbocycles. The number of nitrogens with one attached hydrogen (secondary N) is 1. The van der Waals surface area contributed by atoms with Gasteiger partial charge in [-0.2, -0.15) is 0 Å². The van der Waals surface area contributed by atoms with Crippen molar-refractivity contribution in [3.8, 4) is 0 Å². The van der Waals surface area contributed by atoms with Gasteiger partial charge in [0.15, 0.2) is 0 Å². The minimum Gasteiger partial charge on any atom is -0.480 e. The molecule has 2 rings (SSSR count). The number of carboxylic acid groups (broad SMARTS) is 1. The summed E-state index contributed by atoms with van der Waals surface area (Å²) in [5.41, 5.74) is 0.626. The van der Waals surface area contributed by atoms with E-state index in [0.717, 1.165) is 12.8 Å². The van der Waals surface area contributed by atoms with E-state index in [1.165, 1.54) is 0 Å². The molecule has 0 aromatic heterocycles. The fourth-order valence-corrected chi connectivity index (χ4v) is 3.62. The van der Waals surface area contributed by atoms with Crippen LogP contribution in [0, 0.1) is 23.7 Å². The first kappa shape index (κ1) is 16.7. The predicted molar refractivity (Wildman–Crippen MR) is 82.1 cm³/mol. The lowest BCUT2D eigenvalue weighted by Gasteiger charge is -2.30. The third kappa shape index (κ3) is 3.23.